The van der Waals surface area contributed by atoms with E-state index in [4.69, 9.17) is 4.74 Å². The zero-order valence-corrected chi connectivity index (χ0v) is 11.3. The number of pyridine rings is 1. The molecule has 106 valence electrons. The molecule has 1 aromatic heterocycles. The molecular weight excluding hydrogens is 272 g/mol. The van der Waals surface area contributed by atoms with Crippen LogP contribution >= 0.6 is 0 Å². The highest BCUT2D eigenvalue weighted by Crippen LogP contribution is 2.29. The van der Waals surface area contributed by atoms with Crippen LogP contribution in [-0.4, -0.2) is 15.7 Å². The fourth-order valence-electron chi connectivity index (χ4n) is 2.40. The quantitative estimate of drug-likeness (QED) is 0.638. The van der Waals surface area contributed by atoms with E-state index in [1.165, 1.54) is 12.1 Å². The molecule has 1 aliphatic rings. The highest BCUT2D eigenvalue weighted by Gasteiger charge is 2.20. The number of aryl methyl sites for hydroxylation is 2. The second-order valence-electron chi connectivity index (χ2n) is 4.86. The van der Waals surface area contributed by atoms with E-state index >= 15 is 0 Å². The molecule has 0 fully saturated rings. The van der Waals surface area contributed by atoms with E-state index in [9.17, 15) is 14.9 Å². The number of Topliss-reactive ketones (excluding diaryl/α,β-unsaturated/α-hetero) is 1. The minimum Gasteiger partial charge on any atom is -0.439 e. The van der Waals surface area contributed by atoms with Gasteiger partial charge in [0.2, 0.25) is 5.88 Å². The van der Waals surface area contributed by atoms with Crippen molar-refractivity contribution in [3.05, 3.63) is 57.3 Å². The molecule has 0 amide bonds. The fourth-order valence-corrected chi connectivity index (χ4v) is 2.40. The molecule has 0 unspecified atom stereocenters. The lowest BCUT2D eigenvalue weighted by molar-refractivity contribution is -0.385. The van der Waals surface area contributed by atoms with E-state index in [1.807, 2.05) is 6.07 Å². The van der Waals surface area contributed by atoms with Crippen molar-refractivity contribution in [1.82, 2.24) is 4.98 Å². The Kier molecular flexibility index (Phi) is 3.13. The van der Waals surface area contributed by atoms with Gasteiger partial charge in [-0.3, -0.25) is 14.9 Å². The molecular formula is C15H12N2O4. The maximum atomic E-state index is 11.6. The lowest BCUT2D eigenvalue weighted by Gasteiger charge is -2.07. The Labute approximate surface area is 120 Å². The third kappa shape index (κ3) is 2.47. The number of benzene rings is 1. The number of rotatable bonds is 3. The molecule has 1 aromatic carbocycles. The Morgan fingerprint density at radius 2 is 2.05 bits per heavy atom. The lowest BCUT2D eigenvalue weighted by Crippen LogP contribution is -1.97. The average Bonchev–Trinajstić information content (AvgIpc) is 2.80. The molecule has 6 nitrogen and oxygen atoms in total. The summed E-state index contributed by atoms with van der Waals surface area (Å²) < 4.78 is 5.61. The minimum absolute atomic E-state index is 0.0399. The molecule has 3 rings (SSSR count). The van der Waals surface area contributed by atoms with E-state index in [2.05, 4.69) is 4.98 Å². The number of carbonyl (C=O) groups excluding carboxylic acids is 1. The van der Waals surface area contributed by atoms with Crippen LogP contribution in [0.25, 0.3) is 0 Å². The number of ketones is 1. The molecule has 21 heavy (non-hydrogen) atoms. The molecule has 1 aliphatic carbocycles. The Balaban J connectivity index is 1.86. The van der Waals surface area contributed by atoms with Gasteiger partial charge in [-0.15, -0.1) is 0 Å². The van der Waals surface area contributed by atoms with Crippen LogP contribution in [0.2, 0.25) is 0 Å². The zero-order chi connectivity index (χ0) is 15.0. The first kappa shape index (κ1) is 13.2. The maximum absolute atomic E-state index is 11.6. The molecule has 0 saturated heterocycles. The van der Waals surface area contributed by atoms with Gasteiger partial charge in [0.1, 0.15) is 11.4 Å². The summed E-state index contributed by atoms with van der Waals surface area (Å²) in [5.74, 6) is 1.02. The number of hydrogen-bond acceptors (Lipinski definition) is 5. The third-order valence-corrected chi connectivity index (χ3v) is 3.45. The van der Waals surface area contributed by atoms with Crippen LogP contribution in [0.1, 0.15) is 28.0 Å². The van der Waals surface area contributed by atoms with Crippen molar-refractivity contribution in [3.8, 4) is 11.6 Å². The first-order chi connectivity index (χ1) is 10.0. The van der Waals surface area contributed by atoms with Crippen molar-refractivity contribution in [2.75, 3.05) is 0 Å². The molecule has 0 atom stereocenters. The highest BCUT2D eigenvalue weighted by molar-refractivity contribution is 6.00. The summed E-state index contributed by atoms with van der Waals surface area (Å²) in [6, 6.07) is 8.11. The van der Waals surface area contributed by atoms with Crippen LogP contribution in [0.15, 0.2) is 30.3 Å². The normalized spacial score (nSPS) is 13.1. The Morgan fingerprint density at radius 3 is 2.76 bits per heavy atom. The van der Waals surface area contributed by atoms with E-state index < -0.39 is 4.92 Å². The second kappa shape index (κ2) is 4.97. The minimum atomic E-state index is -0.479. The van der Waals surface area contributed by atoms with Gasteiger partial charge >= 0.3 is 0 Å². The number of nitrogens with zero attached hydrogens (tertiary/aromatic N) is 2. The van der Waals surface area contributed by atoms with Gasteiger partial charge in [-0.1, -0.05) is 0 Å². The van der Waals surface area contributed by atoms with Crippen molar-refractivity contribution >= 4 is 11.5 Å². The summed E-state index contributed by atoms with van der Waals surface area (Å²) in [7, 11) is 0. The third-order valence-electron chi connectivity index (χ3n) is 3.45. The highest BCUT2D eigenvalue weighted by atomic mass is 16.6. The summed E-state index contributed by atoms with van der Waals surface area (Å²) in [6.45, 7) is 1.56. The largest absolute Gasteiger partial charge is 0.439 e. The van der Waals surface area contributed by atoms with Crippen molar-refractivity contribution in [1.29, 1.82) is 0 Å². The molecule has 0 bridgehead atoms. The smallest absolute Gasteiger partial charge is 0.290 e. The van der Waals surface area contributed by atoms with E-state index in [1.54, 1.807) is 19.1 Å². The van der Waals surface area contributed by atoms with Gasteiger partial charge < -0.3 is 4.74 Å². The number of ether oxygens (including phenoxy) is 1. The molecule has 0 radical (unpaired) electrons. The predicted molar refractivity (Wildman–Crippen MR) is 74.8 cm³/mol. The Bertz CT molecular complexity index is 755. The van der Waals surface area contributed by atoms with E-state index in [0.717, 1.165) is 17.5 Å². The average molecular weight is 284 g/mol. The van der Waals surface area contributed by atoms with Crippen LogP contribution < -0.4 is 4.74 Å². The van der Waals surface area contributed by atoms with E-state index in [-0.39, 0.29) is 11.5 Å². The first-order valence-electron chi connectivity index (χ1n) is 6.50. The number of hydrogen-bond donors (Lipinski definition) is 0. The molecule has 0 N–H and O–H groups in total. The summed E-state index contributed by atoms with van der Waals surface area (Å²) in [5, 5.41) is 10.7. The standard InChI is InChI=1S/C15H12N2O4/c1-9-13(17(19)20)5-7-15(16-9)21-11-3-4-12-10(8-11)2-6-14(12)18/h3-5,7-8H,2,6H2,1H3. The molecule has 6 heteroatoms. The molecule has 0 saturated carbocycles. The molecule has 0 spiro atoms. The molecule has 0 aliphatic heterocycles. The lowest BCUT2D eigenvalue weighted by atomic mass is 10.1. The molecule has 1 heterocycles. The number of nitro groups is 1. The fraction of sp³-hybridized carbons (Fsp3) is 0.200. The predicted octanol–water partition coefficient (Wildman–Crippen LogP) is 3.22. The van der Waals surface area contributed by atoms with Crippen molar-refractivity contribution in [2.45, 2.75) is 19.8 Å². The van der Waals surface area contributed by atoms with Crippen LogP contribution in [-0.2, 0) is 6.42 Å². The van der Waals surface area contributed by atoms with Crippen LogP contribution in [0.3, 0.4) is 0 Å². The topological polar surface area (TPSA) is 82.3 Å². The number of fused-ring (bicyclic) bond motifs is 1. The van der Waals surface area contributed by atoms with Gasteiger partial charge in [0.25, 0.3) is 5.69 Å². The second-order valence-corrected chi connectivity index (χ2v) is 4.86. The van der Waals surface area contributed by atoms with Gasteiger partial charge in [-0.25, -0.2) is 4.98 Å². The van der Waals surface area contributed by atoms with Gasteiger partial charge in [-0.05, 0) is 37.1 Å². The Morgan fingerprint density at radius 1 is 1.24 bits per heavy atom. The van der Waals surface area contributed by atoms with E-state index in [0.29, 0.717) is 23.7 Å². The number of carbonyl (C=O) groups is 1. The number of aromatic nitrogens is 1. The monoisotopic (exact) mass is 284 g/mol. The van der Waals surface area contributed by atoms with Crippen molar-refractivity contribution < 1.29 is 14.5 Å². The maximum Gasteiger partial charge on any atom is 0.290 e. The van der Waals surface area contributed by atoms with Crippen LogP contribution in [0.4, 0.5) is 5.69 Å². The zero-order valence-electron chi connectivity index (χ0n) is 11.3. The SMILES string of the molecule is Cc1nc(Oc2ccc3c(c2)CCC3=O)ccc1[N+](=O)[O-]. The molecule has 2 aromatic rings. The van der Waals surface area contributed by atoms with Gasteiger partial charge in [0.05, 0.1) is 4.92 Å². The van der Waals surface area contributed by atoms with Gasteiger partial charge in [0, 0.05) is 24.1 Å². The summed E-state index contributed by atoms with van der Waals surface area (Å²) in [6.07, 6.45) is 1.26. The van der Waals surface area contributed by atoms with Crippen molar-refractivity contribution in [2.24, 2.45) is 0 Å². The van der Waals surface area contributed by atoms with Gasteiger partial charge in [0.15, 0.2) is 5.78 Å². The first-order valence-corrected chi connectivity index (χ1v) is 6.50. The summed E-state index contributed by atoms with van der Waals surface area (Å²) in [4.78, 5) is 25.9. The van der Waals surface area contributed by atoms with Crippen molar-refractivity contribution in [3.63, 3.8) is 0 Å². The Hall–Kier alpha value is -2.76. The summed E-state index contributed by atoms with van der Waals surface area (Å²) >= 11 is 0. The van der Waals surface area contributed by atoms with Crippen LogP contribution in [0.5, 0.6) is 11.6 Å². The van der Waals surface area contributed by atoms with Crippen LogP contribution in [0, 0.1) is 17.0 Å². The van der Waals surface area contributed by atoms with Gasteiger partial charge in [-0.2, -0.15) is 0 Å². The summed E-state index contributed by atoms with van der Waals surface area (Å²) in [5.41, 5.74) is 1.97.